The molecule has 5 heteroatoms. The van der Waals surface area contributed by atoms with E-state index in [0.717, 1.165) is 18.8 Å². The molecule has 2 aliphatic rings. The van der Waals surface area contributed by atoms with Crippen LogP contribution in [-0.4, -0.2) is 46.6 Å². The van der Waals surface area contributed by atoms with Gasteiger partial charge in [0.2, 0.25) is 0 Å². The molecule has 2 fully saturated rings. The van der Waals surface area contributed by atoms with Crippen LogP contribution in [0.3, 0.4) is 0 Å². The number of fused-ring (bicyclic) bond motifs is 1. The van der Waals surface area contributed by atoms with Crippen LogP contribution in [0.15, 0.2) is 18.3 Å². The number of hydrogen-bond acceptors (Lipinski definition) is 4. The van der Waals surface area contributed by atoms with Gasteiger partial charge in [0.15, 0.2) is 0 Å². The Morgan fingerprint density at radius 1 is 1.40 bits per heavy atom. The van der Waals surface area contributed by atoms with E-state index in [1.807, 2.05) is 12.3 Å². The number of rotatable bonds is 2. The average Bonchev–Trinajstić information content (AvgIpc) is 2.46. The number of piperidine rings is 1. The SMILES string of the molecule is CC1CN2CCCCC2CN1c1ccnc(C(N)=S)c1. The summed E-state index contributed by atoms with van der Waals surface area (Å²) in [6.07, 6.45) is 5.84. The number of nitrogens with zero attached hydrogens (tertiary/aromatic N) is 3. The first-order chi connectivity index (χ1) is 9.65. The summed E-state index contributed by atoms with van der Waals surface area (Å²) in [5.74, 6) is 0. The van der Waals surface area contributed by atoms with E-state index in [9.17, 15) is 0 Å². The molecule has 1 aromatic rings. The zero-order valence-corrected chi connectivity index (χ0v) is 12.8. The lowest BCUT2D eigenvalue weighted by molar-refractivity contribution is 0.115. The maximum Gasteiger partial charge on any atom is 0.122 e. The Balaban J connectivity index is 1.82. The minimum Gasteiger partial charge on any atom is -0.388 e. The van der Waals surface area contributed by atoms with Crippen molar-refractivity contribution in [3.8, 4) is 0 Å². The van der Waals surface area contributed by atoms with Gasteiger partial charge in [-0.15, -0.1) is 0 Å². The van der Waals surface area contributed by atoms with Crippen molar-refractivity contribution in [3.63, 3.8) is 0 Å². The predicted octanol–water partition coefficient (Wildman–Crippen LogP) is 1.78. The van der Waals surface area contributed by atoms with Gasteiger partial charge in [-0.2, -0.15) is 0 Å². The molecule has 2 atom stereocenters. The lowest BCUT2D eigenvalue weighted by Gasteiger charge is -2.48. The van der Waals surface area contributed by atoms with Gasteiger partial charge in [0.05, 0.1) is 5.69 Å². The molecule has 3 rings (SSSR count). The normalized spacial score (nSPS) is 27.1. The molecule has 0 saturated carbocycles. The van der Waals surface area contributed by atoms with Gasteiger partial charge in [0.1, 0.15) is 4.99 Å². The van der Waals surface area contributed by atoms with Crippen molar-refractivity contribution in [2.24, 2.45) is 5.73 Å². The van der Waals surface area contributed by atoms with Crippen molar-refractivity contribution in [2.75, 3.05) is 24.5 Å². The lowest BCUT2D eigenvalue weighted by Crippen LogP contribution is -2.58. The van der Waals surface area contributed by atoms with Crippen LogP contribution in [0, 0.1) is 0 Å². The molecule has 0 aliphatic carbocycles. The van der Waals surface area contributed by atoms with E-state index in [2.05, 4.69) is 27.8 Å². The Bertz CT molecular complexity index is 504. The third-order valence-electron chi connectivity index (χ3n) is 4.51. The average molecular weight is 290 g/mol. The zero-order valence-electron chi connectivity index (χ0n) is 12.0. The van der Waals surface area contributed by atoms with Crippen LogP contribution in [-0.2, 0) is 0 Å². The fourth-order valence-corrected chi connectivity index (χ4v) is 3.56. The third-order valence-corrected chi connectivity index (χ3v) is 4.72. The largest absolute Gasteiger partial charge is 0.388 e. The Kier molecular flexibility index (Phi) is 3.89. The van der Waals surface area contributed by atoms with Gasteiger partial charge in [-0.05, 0) is 38.4 Å². The molecule has 1 aromatic heterocycles. The molecule has 20 heavy (non-hydrogen) atoms. The number of piperazine rings is 1. The molecule has 0 spiro atoms. The van der Waals surface area contributed by atoms with Gasteiger partial charge in [-0.1, -0.05) is 18.6 Å². The number of anilines is 1. The van der Waals surface area contributed by atoms with Gasteiger partial charge in [-0.25, -0.2) is 0 Å². The number of nitrogens with two attached hydrogens (primary N) is 1. The summed E-state index contributed by atoms with van der Waals surface area (Å²) in [6, 6.07) is 5.31. The lowest BCUT2D eigenvalue weighted by atomic mass is 9.96. The molecule has 0 radical (unpaired) electrons. The van der Waals surface area contributed by atoms with Crippen molar-refractivity contribution in [3.05, 3.63) is 24.0 Å². The van der Waals surface area contributed by atoms with E-state index in [1.54, 1.807) is 0 Å². The fourth-order valence-electron chi connectivity index (χ4n) is 3.44. The zero-order chi connectivity index (χ0) is 14.1. The summed E-state index contributed by atoms with van der Waals surface area (Å²) in [5.41, 5.74) is 7.61. The molecule has 0 amide bonds. The second-order valence-electron chi connectivity index (χ2n) is 5.91. The van der Waals surface area contributed by atoms with Crippen LogP contribution in [0.4, 0.5) is 5.69 Å². The molecule has 2 aliphatic heterocycles. The summed E-state index contributed by atoms with van der Waals surface area (Å²) >= 11 is 5.03. The quantitative estimate of drug-likeness (QED) is 0.841. The third kappa shape index (κ3) is 2.65. The summed E-state index contributed by atoms with van der Waals surface area (Å²) < 4.78 is 0. The van der Waals surface area contributed by atoms with Crippen LogP contribution in [0.2, 0.25) is 0 Å². The second-order valence-corrected chi connectivity index (χ2v) is 6.35. The maximum absolute atomic E-state index is 5.70. The highest BCUT2D eigenvalue weighted by Gasteiger charge is 2.33. The summed E-state index contributed by atoms with van der Waals surface area (Å²) in [6.45, 7) is 5.81. The summed E-state index contributed by atoms with van der Waals surface area (Å²) in [7, 11) is 0. The van der Waals surface area contributed by atoms with E-state index in [-0.39, 0.29) is 0 Å². The molecular formula is C15H22N4S. The van der Waals surface area contributed by atoms with Gasteiger partial charge in [0, 0.05) is 37.1 Å². The van der Waals surface area contributed by atoms with Crippen molar-refractivity contribution in [1.29, 1.82) is 0 Å². The number of pyridine rings is 1. The van der Waals surface area contributed by atoms with Crippen LogP contribution in [0.5, 0.6) is 0 Å². The van der Waals surface area contributed by atoms with Crippen molar-refractivity contribution < 1.29 is 0 Å². The van der Waals surface area contributed by atoms with E-state index in [4.69, 9.17) is 18.0 Å². The Hall–Kier alpha value is -1.20. The molecule has 2 saturated heterocycles. The van der Waals surface area contributed by atoms with Crippen LogP contribution >= 0.6 is 12.2 Å². The molecular weight excluding hydrogens is 268 g/mol. The predicted molar refractivity (Wildman–Crippen MR) is 86.1 cm³/mol. The Morgan fingerprint density at radius 3 is 3.05 bits per heavy atom. The molecule has 2 unspecified atom stereocenters. The molecule has 4 nitrogen and oxygen atoms in total. The van der Waals surface area contributed by atoms with Gasteiger partial charge < -0.3 is 10.6 Å². The van der Waals surface area contributed by atoms with Gasteiger partial charge in [-0.3, -0.25) is 9.88 Å². The standard InChI is InChI=1S/C15H22N4S/c1-11-9-18-7-3-2-4-13(18)10-19(11)12-5-6-17-14(8-12)15(16)20/h5-6,8,11,13H,2-4,7,9-10H2,1H3,(H2,16,20). The van der Waals surface area contributed by atoms with Crippen molar-refractivity contribution in [1.82, 2.24) is 9.88 Å². The molecule has 108 valence electrons. The number of hydrogen-bond donors (Lipinski definition) is 1. The molecule has 3 heterocycles. The highest BCUT2D eigenvalue weighted by Crippen LogP contribution is 2.28. The topological polar surface area (TPSA) is 45.4 Å². The summed E-state index contributed by atoms with van der Waals surface area (Å²) in [4.78, 5) is 9.74. The second kappa shape index (κ2) is 5.66. The fraction of sp³-hybridized carbons (Fsp3) is 0.600. The minimum atomic E-state index is 0.371. The van der Waals surface area contributed by atoms with Gasteiger partial charge in [0.25, 0.3) is 0 Å². The summed E-state index contributed by atoms with van der Waals surface area (Å²) in [5, 5.41) is 0. The molecule has 2 N–H and O–H groups in total. The maximum atomic E-state index is 5.70. The van der Waals surface area contributed by atoms with Crippen molar-refractivity contribution >= 4 is 22.9 Å². The highest BCUT2D eigenvalue weighted by molar-refractivity contribution is 7.80. The Morgan fingerprint density at radius 2 is 2.25 bits per heavy atom. The molecule has 0 aromatic carbocycles. The smallest absolute Gasteiger partial charge is 0.122 e. The van der Waals surface area contributed by atoms with Crippen LogP contribution < -0.4 is 10.6 Å². The van der Waals surface area contributed by atoms with Gasteiger partial charge >= 0.3 is 0 Å². The first kappa shape index (κ1) is 13.8. The monoisotopic (exact) mass is 290 g/mol. The molecule has 0 bridgehead atoms. The van der Waals surface area contributed by atoms with Crippen molar-refractivity contribution in [2.45, 2.75) is 38.3 Å². The van der Waals surface area contributed by atoms with E-state index in [1.165, 1.54) is 31.5 Å². The van der Waals surface area contributed by atoms with E-state index < -0.39 is 0 Å². The number of aromatic nitrogens is 1. The van der Waals surface area contributed by atoms with E-state index >= 15 is 0 Å². The first-order valence-electron chi connectivity index (χ1n) is 7.41. The first-order valence-corrected chi connectivity index (χ1v) is 7.82. The van der Waals surface area contributed by atoms with E-state index in [0.29, 0.717) is 17.1 Å². The van der Waals surface area contributed by atoms with Crippen LogP contribution in [0.25, 0.3) is 0 Å². The Labute approximate surface area is 126 Å². The minimum absolute atomic E-state index is 0.371. The number of thiocarbonyl (C=S) groups is 1. The highest BCUT2D eigenvalue weighted by atomic mass is 32.1. The van der Waals surface area contributed by atoms with Crippen LogP contribution in [0.1, 0.15) is 31.9 Å².